The highest BCUT2D eigenvalue weighted by atomic mass is 32.1. The van der Waals surface area contributed by atoms with Crippen LogP contribution in [0.1, 0.15) is 37.2 Å². The first kappa shape index (κ1) is 15.1. The molecule has 7 nitrogen and oxygen atoms in total. The van der Waals surface area contributed by atoms with Crippen LogP contribution in [0.25, 0.3) is 10.9 Å². The molecule has 1 amide bonds. The van der Waals surface area contributed by atoms with Crippen molar-refractivity contribution in [3.05, 3.63) is 29.5 Å². The molecule has 0 bridgehead atoms. The smallest absolute Gasteiger partial charge is 0.272 e. The number of anilines is 2. The third-order valence-corrected chi connectivity index (χ3v) is 5.26. The Morgan fingerprint density at radius 1 is 1.42 bits per heavy atom. The molecule has 8 heteroatoms. The molecule has 3 aromatic rings. The van der Waals surface area contributed by atoms with E-state index in [0.29, 0.717) is 17.0 Å². The first-order valence-electron chi connectivity index (χ1n) is 7.84. The van der Waals surface area contributed by atoms with Crippen molar-refractivity contribution in [1.29, 1.82) is 0 Å². The fourth-order valence-corrected chi connectivity index (χ4v) is 3.42. The number of carbonyl (C=O) groups excluding carboxylic acids is 1. The van der Waals surface area contributed by atoms with E-state index in [0.717, 1.165) is 23.9 Å². The van der Waals surface area contributed by atoms with Gasteiger partial charge >= 0.3 is 0 Å². The zero-order valence-electron chi connectivity index (χ0n) is 13.5. The normalized spacial score (nSPS) is 19.0. The first-order valence-corrected chi connectivity index (χ1v) is 8.68. The molecule has 3 heterocycles. The highest BCUT2D eigenvalue weighted by Crippen LogP contribution is 2.40. The summed E-state index contributed by atoms with van der Waals surface area (Å²) in [5, 5.41) is 15.9. The van der Waals surface area contributed by atoms with Crippen LogP contribution in [0.4, 0.5) is 11.5 Å². The fraction of sp³-hybridized carbons (Fsp3) is 0.375. The maximum atomic E-state index is 12.7. The second-order valence-electron chi connectivity index (χ2n) is 6.78. The van der Waals surface area contributed by atoms with Crippen molar-refractivity contribution in [2.75, 3.05) is 5.32 Å². The molecular weight excluding hydrogens is 324 g/mol. The van der Waals surface area contributed by atoms with Gasteiger partial charge < -0.3 is 10.6 Å². The van der Waals surface area contributed by atoms with Crippen molar-refractivity contribution in [2.24, 2.45) is 5.41 Å². The number of hydrogen-bond donors (Lipinski definition) is 3. The number of nitrogens with one attached hydrogen (secondary N) is 3. The molecule has 3 aromatic heterocycles. The molecular formula is C16H18N6OS. The molecule has 4 rings (SSSR count). The van der Waals surface area contributed by atoms with Gasteiger partial charge in [0.25, 0.3) is 5.91 Å². The maximum absolute atomic E-state index is 12.7. The molecule has 1 fully saturated rings. The van der Waals surface area contributed by atoms with Gasteiger partial charge in [-0.3, -0.25) is 9.89 Å². The molecule has 0 spiro atoms. The Hall–Kier alpha value is -2.48. The summed E-state index contributed by atoms with van der Waals surface area (Å²) in [4.78, 5) is 17.2. The quantitative estimate of drug-likeness (QED) is 0.677. The average Bonchev–Trinajstić information content (AvgIpc) is 3.22. The van der Waals surface area contributed by atoms with Gasteiger partial charge in [-0.25, -0.2) is 4.98 Å². The van der Waals surface area contributed by atoms with Crippen LogP contribution >= 0.6 is 11.5 Å². The number of hydrogen-bond acceptors (Lipinski definition) is 6. The minimum atomic E-state index is -0.172. The standard InChI is InChI=1S/C16H18N6OS/c1-16(2)4-3-11(16)20-15(23)14-13-9(6-17-22-13)5-12(21-14)19-10-7-18-24-8-10/h5-8,11H,3-4H2,1-2H3,(H,17,22)(H,19,21)(H,20,23). The topological polar surface area (TPSA) is 95.6 Å². The molecule has 0 aliphatic heterocycles. The van der Waals surface area contributed by atoms with Crippen LogP contribution < -0.4 is 10.6 Å². The van der Waals surface area contributed by atoms with Crippen LogP contribution in [0.2, 0.25) is 0 Å². The van der Waals surface area contributed by atoms with Crippen LogP contribution in [-0.4, -0.2) is 31.5 Å². The van der Waals surface area contributed by atoms with E-state index in [9.17, 15) is 4.79 Å². The van der Waals surface area contributed by atoms with E-state index >= 15 is 0 Å². The van der Waals surface area contributed by atoms with Gasteiger partial charge in [-0.1, -0.05) is 13.8 Å². The Balaban J connectivity index is 1.65. The van der Waals surface area contributed by atoms with Crippen molar-refractivity contribution >= 4 is 39.8 Å². The number of pyridine rings is 1. The Kier molecular flexibility index (Phi) is 3.49. The summed E-state index contributed by atoms with van der Waals surface area (Å²) in [5.74, 6) is 0.427. The predicted octanol–water partition coefficient (Wildman–Crippen LogP) is 3.08. The van der Waals surface area contributed by atoms with Crippen molar-refractivity contribution < 1.29 is 4.79 Å². The number of aromatic nitrogens is 4. The van der Waals surface area contributed by atoms with Crippen molar-refractivity contribution in [1.82, 2.24) is 24.9 Å². The molecule has 1 aliphatic rings. The number of fused-ring (bicyclic) bond motifs is 1. The summed E-state index contributed by atoms with van der Waals surface area (Å²) in [6, 6.07) is 2.04. The van der Waals surface area contributed by atoms with Crippen molar-refractivity contribution in [3.63, 3.8) is 0 Å². The van der Waals surface area contributed by atoms with Gasteiger partial charge in [-0.05, 0) is 35.9 Å². The van der Waals surface area contributed by atoms with E-state index in [1.165, 1.54) is 11.5 Å². The SMILES string of the molecule is CC1(C)CCC1NC(=O)c1nc(Nc2cnsc2)cc2cn[nH]c12. The number of carbonyl (C=O) groups is 1. The molecule has 1 saturated carbocycles. The molecule has 1 atom stereocenters. The summed E-state index contributed by atoms with van der Waals surface area (Å²) in [7, 11) is 0. The average molecular weight is 342 g/mol. The molecule has 124 valence electrons. The molecule has 1 aliphatic carbocycles. The second-order valence-corrected chi connectivity index (χ2v) is 7.44. The van der Waals surface area contributed by atoms with E-state index in [-0.39, 0.29) is 17.4 Å². The number of nitrogens with zero attached hydrogens (tertiary/aromatic N) is 3. The van der Waals surface area contributed by atoms with Gasteiger partial charge in [0.15, 0.2) is 5.69 Å². The van der Waals surface area contributed by atoms with Crippen LogP contribution in [0, 0.1) is 5.41 Å². The molecule has 0 aromatic carbocycles. The lowest BCUT2D eigenvalue weighted by Gasteiger charge is -2.44. The van der Waals surface area contributed by atoms with Crippen molar-refractivity contribution in [3.8, 4) is 0 Å². The summed E-state index contributed by atoms with van der Waals surface area (Å²) < 4.78 is 4.06. The van der Waals surface area contributed by atoms with E-state index in [2.05, 4.69) is 44.0 Å². The van der Waals surface area contributed by atoms with E-state index < -0.39 is 0 Å². The molecule has 0 radical (unpaired) electrons. The Morgan fingerprint density at radius 2 is 2.29 bits per heavy atom. The molecule has 24 heavy (non-hydrogen) atoms. The van der Waals surface area contributed by atoms with E-state index in [1.807, 2.05) is 11.4 Å². The predicted molar refractivity (Wildman–Crippen MR) is 93.6 cm³/mol. The van der Waals surface area contributed by atoms with Gasteiger partial charge in [0, 0.05) is 16.8 Å². The Morgan fingerprint density at radius 3 is 2.96 bits per heavy atom. The van der Waals surface area contributed by atoms with E-state index in [4.69, 9.17) is 0 Å². The van der Waals surface area contributed by atoms with E-state index in [1.54, 1.807) is 12.4 Å². The minimum absolute atomic E-state index is 0.140. The molecule has 1 unspecified atom stereocenters. The van der Waals surface area contributed by atoms with Crippen molar-refractivity contribution in [2.45, 2.75) is 32.7 Å². The Labute approximate surface area is 143 Å². The monoisotopic (exact) mass is 342 g/mol. The van der Waals surface area contributed by atoms with Gasteiger partial charge in [0.1, 0.15) is 5.82 Å². The molecule has 3 N–H and O–H groups in total. The zero-order chi connectivity index (χ0) is 16.7. The summed E-state index contributed by atoms with van der Waals surface area (Å²) >= 11 is 1.36. The zero-order valence-corrected chi connectivity index (χ0v) is 14.3. The summed E-state index contributed by atoms with van der Waals surface area (Å²) in [6.07, 6.45) is 5.54. The second kappa shape index (κ2) is 5.55. The van der Waals surface area contributed by atoms with Crippen LogP contribution in [0.5, 0.6) is 0 Å². The molecule has 0 saturated heterocycles. The van der Waals surface area contributed by atoms with Crippen LogP contribution in [0.3, 0.4) is 0 Å². The van der Waals surface area contributed by atoms with Gasteiger partial charge in [-0.2, -0.15) is 9.47 Å². The lowest BCUT2D eigenvalue weighted by molar-refractivity contribution is 0.0729. The highest BCUT2D eigenvalue weighted by molar-refractivity contribution is 7.04. The maximum Gasteiger partial charge on any atom is 0.272 e. The van der Waals surface area contributed by atoms with Crippen LogP contribution in [0.15, 0.2) is 23.8 Å². The number of rotatable bonds is 4. The lowest BCUT2D eigenvalue weighted by Crippen LogP contribution is -2.52. The number of H-pyrrole nitrogens is 1. The largest absolute Gasteiger partial charge is 0.347 e. The number of aromatic amines is 1. The number of amides is 1. The third kappa shape index (κ3) is 2.62. The minimum Gasteiger partial charge on any atom is -0.347 e. The van der Waals surface area contributed by atoms with Gasteiger partial charge in [-0.15, -0.1) is 0 Å². The van der Waals surface area contributed by atoms with Gasteiger partial charge in [0.2, 0.25) is 0 Å². The summed E-state index contributed by atoms with van der Waals surface area (Å²) in [5.41, 5.74) is 2.00. The third-order valence-electron chi connectivity index (χ3n) is 4.68. The lowest BCUT2D eigenvalue weighted by atomic mass is 9.67. The van der Waals surface area contributed by atoms with Crippen LogP contribution in [-0.2, 0) is 0 Å². The fourth-order valence-electron chi connectivity index (χ4n) is 2.95. The first-order chi connectivity index (χ1) is 11.5. The highest BCUT2D eigenvalue weighted by Gasteiger charge is 2.39. The van der Waals surface area contributed by atoms with Gasteiger partial charge in [0.05, 0.1) is 23.6 Å². The Bertz CT molecular complexity index is 885. The summed E-state index contributed by atoms with van der Waals surface area (Å²) in [6.45, 7) is 4.34.